The molecule has 4 aliphatic rings. The fourth-order valence-electron chi connectivity index (χ4n) is 6.41. The normalized spacial score (nSPS) is 26.9. The van der Waals surface area contributed by atoms with E-state index < -0.39 is 86.7 Å². The maximum atomic E-state index is 14.3. The third-order valence-corrected chi connectivity index (χ3v) is 10.7. The summed E-state index contributed by atoms with van der Waals surface area (Å²) in [7, 11) is -2.80. The summed E-state index contributed by atoms with van der Waals surface area (Å²) >= 11 is 0. The van der Waals surface area contributed by atoms with Crippen LogP contribution in [-0.4, -0.2) is 87.2 Å². The Balaban J connectivity index is 1.35. The summed E-state index contributed by atoms with van der Waals surface area (Å²) in [5.41, 5.74) is -2.13. The highest BCUT2D eigenvalue weighted by Crippen LogP contribution is 2.44. The van der Waals surface area contributed by atoms with E-state index in [0.29, 0.717) is 39.0 Å². The van der Waals surface area contributed by atoms with Gasteiger partial charge in [-0.1, -0.05) is 0 Å². The Kier molecular flexibility index (Phi) is 8.57. The standard InChI is InChI=1S/C30H36F5N5O4S/c1-27(2,3)40-10-8-38(9-11-40)19-4-5-23(22(14-19)30(33,34)35)45(44)26(43)18-12-20(24(41)37-28(15-36)6-7-28)21(13-18)25(42)39-16-29(31,32)17-39/h4-5,14,18,20-21H,6-13,16-17H2,1-3H3,(H,37,41)/t18-,20-,21-,45?/m1/s1. The molecule has 1 unspecified atom stereocenters. The lowest BCUT2D eigenvalue weighted by Crippen LogP contribution is -2.60. The number of benzene rings is 1. The van der Waals surface area contributed by atoms with Crippen molar-refractivity contribution in [3.05, 3.63) is 23.8 Å². The first-order valence-electron chi connectivity index (χ1n) is 14.9. The van der Waals surface area contributed by atoms with Gasteiger partial charge in [-0.2, -0.15) is 18.4 Å². The summed E-state index contributed by atoms with van der Waals surface area (Å²) < 4.78 is 83.3. The van der Waals surface area contributed by atoms with Gasteiger partial charge in [0.15, 0.2) is 0 Å². The minimum Gasteiger partial charge on any atom is -0.369 e. The summed E-state index contributed by atoms with van der Waals surface area (Å²) in [6.07, 6.45) is -4.80. The van der Waals surface area contributed by atoms with Gasteiger partial charge in [0, 0.05) is 43.3 Å². The molecule has 2 heterocycles. The second-order valence-electron chi connectivity index (χ2n) is 13.5. The zero-order chi connectivity index (χ0) is 33.1. The van der Waals surface area contributed by atoms with Gasteiger partial charge in [0.05, 0.1) is 41.5 Å². The predicted octanol–water partition coefficient (Wildman–Crippen LogP) is 3.55. The van der Waals surface area contributed by atoms with Crippen molar-refractivity contribution < 1.29 is 40.5 Å². The number of nitriles is 1. The molecule has 0 radical (unpaired) electrons. The number of nitrogens with zero attached hydrogens (tertiary/aromatic N) is 4. The van der Waals surface area contributed by atoms with E-state index in [1.165, 1.54) is 6.07 Å². The molecule has 1 aromatic rings. The van der Waals surface area contributed by atoms with Gasteiger partial charge in [0.25, 0.3) is 5.92 Å². The molecule has 246 valence electrons. The molecule has 4 atom stereocenters. The number of alkyl halides is 5. The summed E-state index contributed by atoms with van der Waals surface area (Å²) in [5, 5.41) is 10.9. The van der Waals surface area contributed by atoms with Gasteiger partial charge < -0.3 is 15.1 Å². The van der Waals surface area contributed by atoms with Crippen LogP contribution in [-0.2, 0) is 31.4 Å². The molecule has 1 aromatic carbocycles. The van der Waals surface area contributed by atoms with Crippen molar-refractivity contribution in [2.24, 2.45) is 17.8 Å². The molecule has 0 spiro atoms. The fraction of sp³-hybridized carbons (Fsp3) is 0.667. The minimum atomic E-state index is -4.93. The Morgan fingerprint density at radius 3 is 2.11 bits per heavy atom. The first kappa shape index (κ1) is 33.2. The number of nitrogens with one attached hydrogen (secondary N) is 1. The predicted molar refractivity (Wildman–Crippen MR) is 153 cm³/mol. The average molecular weight is 658 g/mol. The number of piperazine rings is 1. The number of carbonyl (C=O) groups is 3. The lowest BCUT2D eigenvalue weighted by atomic mass is 9.92. The van der Waals surface area contributed by atoms with Crippen molar-refractivity contribution in [2.45, 2.75) is 74.5 Å². The Hall–Kier alpha value is -3.12. The van der Waals surface area contributed by atoms with Gasteiger partial charge >= 0.3 is 6.18 Å². The minimum absolute atomic E-state index is 0.0940. The second kappa shape index (κ2) is 11.6. The maximum Gasteiger partial charge on any atom is 0.417 e. The summed E-state index contributed by atoms with van der Waals surface area (Å²) in [5.74, 6) is -8.23. The van der Waals surface area contributed by atoms with E-state index in [0.717, 1.165) is 17.0 Å². The van der Waals surface area contributed by atoms with Crippen LogP contribution in [0.3, 0.4) is 0 Å². The topological polar surface area (TPSA) is 114 Å². The van der Waals surface area contributed by atoms with Crippen molar-refractivity contribution in [3.63, 3.8) is 0 Å². The van der Waals surface area contributed by atoms with E-state index in [2.05, 4.69) is 31.0 Å². The van der Waals surface area contributed by atoms with Gasteiger partial charge in [-0.05, 0) is 64.7 Å². The Morgan fingerprint density at radius 1 is 1.00 bits per heavy atom. The first-order chi connectivity index (χ1) is 20.8. The number of hydrogen-bond donors (Lipinski definition) is 1. The van der Waals surface area contributed by atoms with Crippen LogP contribution >= 0.6 is 0 Å². The molecule has 0 aromatic heterocycles. The van der Waals surface area contributed by atoms with E-state index in [4.69, 9.17) is 0 Å². The number of anilines is 1. The van der Waals surface area contributed by atoms with Crippen molar-refractivity contribution >= 4 is 33.4 Å². The van der Waals surface area contributed by atoms with Gasteiger partial charge in [0.1, 0.15) is 16.3 Å². The Morgan fingerprint density at radius 2 is 1.60 bits per heavy atom. The zero-order valence-corrected chi connectivity index (χ0v) is 26.1. The highest BCUT2D eigenvalue weighted by molar-refractivity contribution is 8.00. The van der Waals surface area contributed by atoms with E-state index >= 15 is 0 Å². The number of amides is 2. The molecule has 2 aliphatic heterocycles. The quantitative estimate of drug-likeness (QED) is 0.466. The first-order valence-corrected chi connectivity index (χ1v) is 16.1. The Bertz CT molecular complexity index is 1440. The molecule has 45 heavy (non-hydrogen) atoms. The number of likely N-dealkylation sites (tertiary alicyclic amines) is 1. The molecule has 2 aliphatic carbocycles. The SMILES string of the molecule is CC(C)(C)N1CCN(c2ccc(S(=O)C(=O)[C@@H]3C[C@@H](C(=O)NC4(C#N)CC4)[C@H](C(=O)N4CC(F)(F)C4)C3)c(C(F)(F)F)c2)CC1. The molecule has 2 amide bonds. The van der Waals surface area contributed by atoms with Gasteiger partial charge in [-0.25, -0.2) is 13.0 Å². The molecular formula is C30H36F5N5O4S. The van der Waals surface area contributed by atoms with Gasteiger partial charge in [-0.15, -0.1) is 0 Å². The Labute approximate surface area is 260 Å². The average Bonchev–Trinajstić information content (AvgIpc) is 3.59. The molecule has 9 nitrogen and oxygen atoms in total. The van der Waals surface area contributed by atoms with Crippen molar-refractivity contribution in [3.8, 4) is 6.07 Å². The van der Waals surface area contributed by atoms with E-state index in [-0.39, 0.29) is 24.1 Å². The lowest BCUT2D eigenvalue weighted by molar-refractivity contribution is -0.171. The van der Waals surface area contributed by atoms with Gasteiger partial charge in [-0.3, -0.25) is 19.3 Å². The van der Waals surface area contributed by atoms with Crippen molar-refractivity contribution in [2.75, 3.05) is 44.2 Å². The summed E-state index contributed by atoms with van der Waals surface area (Å²) in [6, 6.07) is 5.32. The number of carbonyl (C=O) groups excluding carboxylic acids is 3. The summed E-state index contributed by atoms with van der Waals surface area (Å²) in [4.78, 5) is 44.0. The number of hydrogen-bond acceptors (Lipinski definition) is 7. The van der Waals surface area contributed by atoms with E-state index in [1.807, 2.05) is 6.07 Å². The summed E-state index contributed by atoms with van der Waals surface area (Å²) in [6.45, 7) is 6.70. The fourth-order valence-corrected chi connectivity index (χ4v) is 7.68. The molecule has 2 saturated heterocycles. The lowest BCUT2D eigenvalue weighted by Gasteiger charge is -2.43. The zero-order valence-electron chi connectivity index (χ0n) is 25.3. The molecule has 4 fully saturated rings. The van der Waals surface area contributed by atoms with E-state index in [9.17, 15) is 45.8 Å². The largest absolute Gasteiger partial charge is 0.417 e. The third-order valence-electron chi connectivity index (χ3n) is 9.28. The molecule has 5 rings (SSSR count). The molecule has 2 saturated carbocycles. The van der Waals surface area contributed by atoms with Crippen LogP contribution in [0, 0.1) is 29.1 Å². The third kappa shape index (κ3) is 6.86. The van der Waals surface area contributed by atoms with Crippen molar-refractivity contribution in [1.29, 1.82) is 5.26 Å². The molecule has 15 heteroatoms. The van der Waals surface area contributed by atoms with Crippen LogP contribution in [0.2, 0.25) is 0 Å². The van der Waals surface area contributed by atoms with Crippen LogP contribution in [0.1, 0.15) is 52.0 Å². The van der Waals surface area contributed by atoms with Crippen LogP contribution < -0.4 is 10.2 Å². The highest BCUT2D eigenvalue weighted by atomic mass is 32.2. The maximum absolute atomic E-state index is 14.3. The van der Waals surface area contributed by atoms with Crippen molar-refractivity contribution in [1.82, 2.24) is 15.1 Å². The molecule has 0 bridgehead atoms. The number of rotatable bonds is 6. The van der Waals surface area contributed by atoms with Crippen LogP contribution in [0.5, 0.6) is 0 Å². The highest BCUT2D eigenvalue weighted by Gasteiger charge is 2.55. The van der Waals surface area contributed by atoms with Crippen LogP contribution in [0.15, 0.2) is 23.1 Å². The smallest absolute Gasteiger partial charge is 0.369 e. The van der Waals surface area contributed by atoms with Gasteiger partial charge in [0.2, 0.25) is 16.9 Å². The van der Waals surface area contributed by atoms with Crippen LogP contribution in [0.4, 0.5) is 27.6 Å². The number of halogens is 5. The van der Waals surface area contributed by atoms with Crippen LogP contribution in [0.25, 0.3) is 0 Å². The van der Waals surface area contributed by atoms with E-state index in [1.54, 1.807) is 4.90 Å². The molecule has 1 N–H and O–H groups in total. The second-order valence-corrected chi connectivity index (χ2v) is 14.9. The monoisotopic (exact) mass is 657 g/mol. The molecular weight excluding hydrogens is 621 g/mol.